The molecular weight excluding hydrogens is 224 g/mol. The molecule has 3 heteroatoms. The first-order valence-electron chi connectivity index (χ1n) is 6.17. The van der Waals surface area contributed by atoms with Gasteiger partial charge in [-0.05, 0) is 30.7 Å². The standard InChI is InChI=1S/C15H16N2O/c1-9-4-5-12-13(6-9)17-14(16-12)11-7-10(18)8-15(11,2)3/h4-7H,8H2,1-3H3,(H,16,17). The molecule has 3 rings (SSSR count). The van der Waals surface area contributed by atoms with Crippen LogP contribution in [-0.4, -0.2) is 15.8 Å². The molecule has 1 aromatic heterocycles. The molecule has 0 saturated carbocycles. The average Bonchev–Trinajstić information content (AvgIpc) is 2.77. The number of carbonyl (C=O) groups excluding carboxylic acids is 1. The van der Waals surface area contributed by atoms with Gasteiger partial charge in [-0.3, -0.25) is 4.79 Å². The Morgan fingerprint density at radius 3 is 2.78 bits per heavy atom. The SMILES string of the molecule is Cc1ccc2nc(C3=CC(=O)CC3(C)C)[nH]c2c1. The number of fused-ring (bicyclic) bond motifs is 1. The van der Waals surface area contributed by atoms with Gasteiger partial charge in [0.05, 0.1) is 11.0 Å². The third kappa shape index (κ3) is 1.67. The minimum Gasteiger partial charge on any atom is -0.338 e. The Morgan fingerprint density at radius 1 is 1.33 bits per heavy atom. The Labute approximate surface area is 106 Å². The van der Waals surface area contributed by atoms with E-state index in [-0.39, 0.29) is 11.2 Å². The van der Waals surface area contributed by atoms with Gasteiger partial charge in [0, 0.05) is 17.4 Å². The lowest BCUT2D eigenvalue weighted by Gasteiger charge is -2.19. The fourth-order valence-electron chi connectivity index (χ4n) is 2.58. The highest BCUT2D eigenvalue weighted by Gasteiger charge is 2.34. The largest absolute Gasteiger partial charge is 0.338 e. The van der Waals surface area contributed by atoms with Gasteiger partial charge in [0.2, 0.25) is 0 Å². The van der Waals surface area contributed by atoms with Crippen LogP contribution in [0.25, 0.3) is 16.6 Å². The van der Waals surface area contributed by atoms with Crippen LogP contribution in [0.5, 0.6) is 0 Å². The summed E-state index contributed by atoms with van der Waals surface area (Å²) in [6.07, 6.45) is 2.29. The van der Waals surface area contributed by atoms with E-state index < -0.39 is 0 Å². The van der Waals surface area contributed by atoms with Gasteiger partial charge in [0.25, 0.3) is 0 Å². The highest BCUT2D eigenvalue weighted by Crippen LogP contribution is 2.41. The second kappa shape index (κ2) is 3.55. The second-order valence-electron chi connectivity index (χ2n) is 5.69. The van der Waals surface area contributed by atoms with Crippen LogP contribution in [0, 0.1) is 12.3 Å². The number of nitrogens with one attached hydrogen (secondary N) is 1. The number of aromatic nitrogens is 2. The van der Waals surface area contributed by atoms with Gasteiger partial charge in [0.1, 0.15) is 5.82 Å². The van der Waals surface area contributed by atoms with E-state index in [2.05, 4.69) is 36.8 Å². The summed E-state index contributed by atoms with van der Waals surface area (Å²) in [7, 11) is 0. The summed E-state index contributed by atoms with van der Waals surface area (Å²) in [5.41, 5.74) is 4.07. The molecule has 0 saturated heterocycles. The molecule has 0 atom stereocenters. The van der Waals surface area contributed by atoms with Gasteiger partial charge in [-0.1, -0.05) is 19.9 Å². The predicted octanol–water partition coefficient (Wildman–Crippen LogP) is 3.25. The van der Waals surface area contributed by atoms with E-state index >= 15 is 0 Å². The third-order valence-electron chi connectivity index (χ3n) is 3.54. The predicted molar refractivity (Wildman–Crippen MR) is 72.2 cm³/mol. The van der Waals surface area contributed by atoms with Gasteiger partial charge < -0.3 is 4.98 Å². The summed E-state index contributed by atoms with van der Waals surface area (Å²) in [6.45, 7) is 6.23. The average molecular weight is 240 g/mol. The molecule has 3 nitrogen and oxygen atoms in total. The quantitative estimate of drug-likeness (QED) is 0.831. The summed E-state index contributed by atoms with van der Waals surface area (Å²) >= 11 is 0. The van der Waals surface area contributed by atoms with E-state index in [9.17, 15) is 4.79 Å². The number of hydrogen-bond acceptors (Lipinski definition) is 2. The maximum Gasteiger partial charge on any atom is 0.156 e. The molecular formula is C15H16N2O. The van der Waals surface area contributed by atoms with Gasteiger partial charge in [-0.15, -0.1) is 0 Å². The molecule has 1 aromatic carbocycles. The number of ketones is 1. The monoisotopic (exact) mass is 240 g/mol. The maximum atomic E-state index is 11.6. The lowest BCUT2D eigenvalue weighted by atomic mass is 9.85. The number of rotatable bonds is 1. The molecule has 0 fully saturated rings. The Balaban J connectivity index is 2.15. The number of imidazole rings is 1. The fourth-order valence-corrected chi connectivity index (χ4v) is 2.58. The summed E-state index contributed by atoms with van der Waals surface area (Å²) in [4.78, 5) is 19.5. The summed E-state index contributed by atoms with van der Waals surface area (Å²) < 4.78 is 0. The second-order valence-corrected chi connectivity index (χ2v) is 5.69. The van der Waals surface area contributed by atoms with E-state index in [4.69, 9.17) is 0 Å². The van der Waals surface area contributed by atoms with Crippen LogP contribution >= 0.6 is 0 Å². The molecule has 1 aliphatic carbocycles. The van der Waals surface area contributed by atoms with E-state index in [0.29, 0.717) is 6.42 Å². The van der Waals surface area contributed by atoms with Crippen molar-refractivity contribution in [1.82, 2.24) is 9.97 Å². The molecule has 1 aliphatic rings. The van der Waals surface area contributed by atoms with Crippen LogP contribution in [0.1, 0.15) is 31.7 Å². The van der Waals surface area contributed by atoms with Crippen molar-refractivity contribution in [3.05, 3.63) is 35.7 Å². The van der Waals surface area contributed by atoms with Crippen LogP contribution in [-0.2, 0) is 4.79 Å². The minimum atomic E-state index is -0.125. The number of aromatic amines is 1. The van der Waals surface area contributed by atoms with Gasteiger partial charge in [0.15, 0.2) is 5.78 Å². The smallest absolute Gasteiger partial charge is 0.156 e. The van der Waals surface area contributed by atoms with Crippen molar-refractivity contribution in [2.24, 2.45) is 5.41 Å². The number of benzene rings is 1. The van der Waals surface area contributed by atoms with E-state index in [1.807, 2.05) is 12.1 Å². The first kappa shape index (κ1) is 11.2. The highest BCUT2D eigenvalue weighted by molar-refractivity contribution is 6.03. The Kier molecular flexibility index (Phi) is 2.21. The van der Waals surface area contributed by atoms with Crippen molar-refractivity contribution >= 4 is 22.4 Å². The number of allylic oxidation sites excluding steroid dienone is 2. The molecule has 2 aromatic rings. The molecule has 18 heavy (non-hydrogen) atoms. The summed E-state index contributed by atoms with van der Waals surface area (Å²) in [5.74, 6) is 1.01. The van der Waals surface area contributed by atoms with Crippen molar-refractivity contribution < 1.29 is 4.79 Å². The molecule has 0 radical (unpaired) electrons. The fraction of sp³-hybridized carbons (Fsp3) is 0.333. The Morgan fingerprint density at radius 2 is 2.11 bits per heavy atom. The topological polar surface area (TPSA) is 45.8 Å². The molecule has 1 heterocycles. The lowest BCUT2D eigenvalue weighted by molar-refractivity contribution is -0.114. The van der Waals surface area contributed by atoms with Crippen molar-refractivity contribution in [2.45, 2.75) is 27.2 Å². The van der Waals surface area contributed by atoms with Crippen LogP contribution in [0.2, 0.25) is 0 Å². The third-order valence-corrected chi connectivity index (χ3v) is 3.54. The molecule has 92 valence electrons. The molecule has 0 amide bonds. The van der Waals surface area contributed by atoms with Crippen molar-refractivity contribution in [2.75, 3.05) is 0 Å². The number of carbonyl (C=O) groups is 1. The molecule has 0 bridgehead atoms. The van der Waals surface area contributed by atoms with Gasteiger partial charge >= 0.3 is 0 Å². The van der Waals surface area contributed by atoms with Crippen LogP contribution < -0.4 is 0 Å². The zero-order valence-electron chi connectivity index (χ0n) is 10.9. The maximum absolute atomic E-state index is 11.6. The lowest BCUT2D eigenvalue weighted by Crippen LogP contribution is -2.11. The normalized spacial score (nSPS) is 18.4. The Hall–Kier alpha value is -1.90. The summed E-state index contributed by atoms with van der Waals surface area (Å²) in [5, 5.41) is 0. The molecule has 1 N–H and O–H groups in total. The van der Waals surface area contributed by atoms with Gasteiger partial charge in [-0.2, -0.15) is 0 Å². The number of nitrogens with zero attached hydrogens (tertiary/aromatic N) is 1. The highest BCUT2D eigenvalue weighted by atomic mass is 16.1. The van der Waals surface area contributed by atoms with Crippen LogP contribution in [0.4, 0.5) is 0 Å². The first-order valence-corrected chi connectivity index (χ1v) is 6.17. The van der Waals surface area contributed by atoms with Crippen molar-refractivity contribution in [3.63, 3.8) is 0 Å². The van der Waals surface area contributed by atoms with Gasteiger partial charge in [-0.25, -0.2) is 4.98 Å². The zero-order chi connectivity index (χ0) is 12.9. The van der Waals surface area contributed by atoms with E-state index in [1.165, 1.54) is 5.56 Å². The van der Waals surface area contributed by atoms with Crippen LogP contribution in [0.15, 0.2) is 24.3 Å². The molecule has 0 aliphatic heterocycles. The Bertz CT molecular complexity index is 677. The number of aryl methyl sites for hydroxylation is 1. The minimum absolute atomic E-state index is 0.125. The number of H-pyrrole nitrogens is 1. The van der Waals surface area contributed by atoms with Crippen molar-refractivity contribution in [1.29, 1.82) is 0 Å². The molecule has 0 spiro atoms. The van der Waals surface area contributed by atoms with Crippen molar-refractivity contribution in [3.8, 4) is 0 Å². The zero-order valence-corrected chi connectivity index (χ0v) is 10.9. The van der Waals surface area contributed by atoms with Crippen LogP contribution in [0.3, 0.4) is 0 Å². The molecule has 0 unspecified atom stereocenters. The van der Waals surface area contributed by atoms with E-state index in [0.717, 1.165) is 22.4 Å². The summed E-state index contributed by atoms with van der Waals surface area (Å²) in [6, 6.07) is 6.14. The van der Waals surface area contributed by atoms with E-state index in [1.54, 1.807) is 6.08 Å². The number of hydrogen-bond donors (Lipinski definition) is 1. The first-order chi connectivity index (χ1) is 8.45.